The molecule has 1 amide bonds. The standard InChI is InChI=1S/C18H19F3N6O/c1-10-2-4-12(5-3-10)26-9-14(15(25-26)16(20)21)24-18(28)13-7-23-27-8-11(19)6-22-17(13)27/h6-10,12,16H,2-5H2,1H3,(H,24,28). The van der Waals surface area contributed by atoms with E-state index < -0.39 is 23.8 Å². The van der Waals surface area contributed by atoms with E-state index in [4.69, 9.17) is 0 Å². The minimum Gasteiger partial charge on any atom is -0.319 e. The van der Waals surface area contributed by atoms with Crippen molar-refractivity contribution in [3.63, 3.8) is 0 Å². The van der Waals surface area contributed by atoms with Crippen LogP contribution >= 0.6 is 0 Å². The molecule has 0 aliphatic heterocycles. The van der Waals surface area contributed by atoms with Gasteiger partial charge in [0.25, 0.3) is 12.3 Å². The minimum atomic E-state index is -2.82. The number of nitrogens with zero attached hydrogens (tertiary/aromatic N) is 5. The number of carbonyl (C=O) groups is 1. The lowest BCUT2D eigenvalue weighted by molar-refractivity contribution is 0.102. The molecule has 4 rings (SSSR count). The number of nitrogens with one attached hydrogen (secondary N) is 1. The summed E-state index contributed by atoms with van der Waals surface area (Å²) >= 11 is 0. The average molecular weight is 392 g/mol. The second kappa shape index (κ2) is 7.25. The highest BCUT2D eigenvalue weighted by atomic mass is 19.3. The van der Waals surface area contributed by atoms with Gasteiger partial charge in [0.1, 0.15) is 5.56 Å². The topological polar surface area (TPSA) is 77.1 Å². The molecule has 0 bridgehead atoms. The van der Waals surface area contributed by atoms with Crippen molar-refractivity contribution in [3.05, 3.63) is 41.9 Å². The van der Waals surface area contributed by atoms with Gasteiger partial charge < -0.3 is 5.32 Å². The molecule has 148 valence electrons. The Morgan fingerprint density at radius 3 is 2.68 bits per heavy atom. The summed E-state index contributed by atoms with van der Waals surface area (Å²) in [6, 6.07) is 0.0426. The first kappa shape index (κ1) is 18.5. The summed E-state index contributed by atoms with van der Waals surface area (Å²) in [4.78, 5) is 16.4. The van der Waals surface area contributed by atoms with Gasteiger partial charge in [0.15, 0.2) is 17.2 Å². The molecule has 7 nitrogen and oxygen atoms in total. The number of hydrogen-bond acceptors (Lipinski definition) is 4. The molecule has 0 unspecified atom stereocenters. The van der Waals surface area contributed by atoms with Crippen LogP contribution in [0.15, 0.2) is 24.8 Å². The van der Waals surface area contributed by atoms with Gasteiger partial charge in [-0.2, -0.15) is 10.2 Å². The molecule has 0 radical (unpaired) electrons. The third-order valence-electron chi connectivity index (χ3n) is 5.14. The Hall–Kier alpha value is -2.91. The van der Waals surface area contributed by atoms with Gasteiger partial charge in [-0.25, -0.2) is 22.7 Å². The summed E-state index contributed by atoms with van der Waals surface area (Å²) in [5, 5.41) is 10.4. The van der Waals surface area contributed by atoms with E-state index in [-0.39, 0.29) is 22.9 Å². The van der Waals surface area contributed by atoms with Crippen LogP contribution in [-0.4, -0.2) is 30.3 Å². The molecule has 1 aliphatic rings. The van der Waals surface area contributed by atoms with Gasteiger partial charge in [0, 0.05) is 6.20 Å². The molecule has 0 atom stereocenters. The normalized spacial score (nSPS) is 20.0. The summed E-state index contributed by atoms with van der Waals surface area (Å²) in [6.45, 7) is 2.17. The molecule has 0 spiro atoms. The number of hydrogen-bond donors (Lipinski definition) is 1. The molecular formula is C18H19F3N6O. The van der Waals surface area contributed by atoms with Gasteiger partial charge in [-0.15, -0.1) is 0 Å². The fourth-order valence-corrected chi connectivity index (χ4v) is 3.56. The summed E-state index contributed by atoms with van der Waals surface area (Å²) in [6.07, 6.45) is 5.64. The predicted molar refractivity (Wildman–Crippen MR) is 94.8 cm³/mol. The molecule has 1 aliphatic carbocycles. The van der Waals surface area contributed by atoms with Gasteiger partial charge >= 0.3 is 0 Å². The summed E-state index contributed by atoms with van der Waals surface area (Å²) in [5.41, 5.74) is -0.326. The van der Waals surface area contributed by atoms with Crippen molar-refractivity contribution in [2.45, 2.75) is 45.1 Å². The number of aromatic nitrogens is 5. The Bertz CT molecular complexity index is 1010. The molecule has 1 fully saturated rings. The van der Waals surface area contributed by atoms with Crippen molar-refractivity contribution < 1.29 is 18.0 Å². The Morgan fingerprint density at radius 2 is 1.96 bits per heavy atom. The maximum atomic E-state index is 13.5. The minimum absolute atomic E-state index is 0.0416. The van der Waals surface area contributed by atoms with Crippen LogP contribution < -0.4 is 5.32 Å². The zero-order chi connectivity index (χ0) is 19.8. The number of fused-ring (bicyclic) bond motifs is 1. The third-order valence-corrected chi connectivity index (χ3v) is 5.14. The molecule has 3 heterocycles. The number of halogens is 3. The first-order valence-corrected chi connectivity index (χ1v) is 9.10. The van der Waals surface area contributed by atoms with Gasteiger partial charge in [0.05, 0.1) is 30.3 Å². The van der Waals surface area contributed by atoms with E-state index >= 15 is 0 Å². The lowest BCUT2D eigenvalue weighted by Gasteiger charge is -2.26. The monoisotopic (exact) mass is 392 g/mol. The molecule has 3 aromatic rings. The van der Waals surface area contributed by atoms with Crippen molar-refractivity contribution in [2.75, 3.05) is 5.32 Å². The maximum absolute atomic E-state index is 13.5. The Balaban J connectivity index is 1.60. The fraction of sp³-hybridized carbons (Fsp3) is 0.444. The van der Waals surface area contributed by atoms with E-state index in [2.05, 4.69) is 27.4 Å². The molecule has 0 aromatic carbocycles. The SMILES string of the molecule is CC1CCC(n2cc(NC(=O)c3cnn4cc(F)cnc34)c(C(F)F)n2)CC1. The second-order valence-corrected chi connectivity index (χ2v) is 7.18. The lowest BCUT2D eigenvalue weighted by Crippen LogP contribution is -2.17. The van der Waals surface area contributed by atoms with Crippen molar-refractivity contribution >= 4 is 17.2 Å². The summed E-state index contributed by atoms with van der Waals surface area (Å²) < 4.78 is 42.8. The van der Waals surface area contributed by atoms with Crippen molar-refractivity contribution in [3.8, 4) is 0 Å². The van der Waals surface area contributed by atoms with Crippen LogP contribution in [0.4, 0.5) is 18.9 Å². The van der Waals surface area contributed by atoms with Crippen LogP contribution in [0.1, 0.15) is 61.1 Å². The molecule has 0 saturated heterocycles. The van der Waals surface area contributed by atoms with Crippen molar-refractivity contribution in [1.29, 1.82) is 0 Å². The van der Waals surface area contributed by atoms with E-state index in [0.717, 1.165) is 42.6 Å². The Kier molecular flexibility index (Phi) is 4.78. The molecular weight excluding hydrogens is 373 g/mol. The largest absolute Gasteiger partial charge is 0.319 e. The van der Waals surface area contributed by atoms with Gasteiger partial charge in [0.2, 0.25) is 0 Å². The zero-order valence-corrected chi connectivity index (χ0v) is 15.1. The van der Waals surface area contributed by atoms with Crippen LogP contribution in [0.2, 0.25) is 0 Å². The number of rotatable bonds is 4. The van der Waals surface area contributed by atoms with Crippen LogP contribution in [0.5, 0.6) is 0 Å². The number of carbonyl (C=O) groups excluding carboxylic acids is 1. The van der Waals surface area contributed by atoms with Gasteiger partial charge in [-0.1, -0.05) is 6.92 Å². The fourth-order valence-electron chi connectivity index (χ4n) is 3.56. The van der Waals surface area contributed by atoms with Gasteiger partial charge in [-0.3, -0.25) is 9.48 Å². The summed E-state index contributed by atoms with van der Waals surface area (Å²) in [7, 11) is 0. The van der Waals surface area contributed by atoms with E-state index in [0.29, 0.717) is 5.92 Å². The summed E-state index contributed by atoms with van der Waals surface area (Å²) in [5.74, 6) is -0.646. The highest BCUT2D eigenvalue weighted by Gasteiger charge is 2.26. The first-order valence-electron chi connectivity index (χ1n) is 9.10. The quantitative estimate of drug-likeness (QED) is 0.728. The van der Waals surface area contributed by atoms with Gasteiger partial charge in [-0.05, 0) is 31.6 Å². The first-order chi connectivity index (χ1) is 13.4. The van der Waals surface area contributed by atoms with Crippen LogP contribution in [0.3, 0.4) is 0 Å². The zero-order valence-electron chi connectivity index (χ0n) is 15.1. The van der Waals surface area contributed by atoms with E-state index in [1.54, 1.807) is 0 Å². The van der Waals surface area contributed by atoms with Crippen LogP contribution in [0, 0.1) is 11.7 Å². The van der Waals surface area contributed by atoms with Crippen LogP contribution in [-0.2, 0) is 0 Å². The Morgan fingerprint density at radius 1 is 1.21 bits per heavy atom. The van der Waals surface area contributed by atoms with Crippen molar-refractivity contribution in [1.82, 2.24) is 24.4 Å². The number of anilines is 1. The highest BCUT2D eigenvalue weighted by molar-refractivity contribution is 6.08. The lowest BCUT2D eigenvalue weighted by atomic mass is 9.87. The highest BCUT2D eigenvalue weighted by Crippen LogP contribution is 2.34. The van der Waals surface area contributed by atoms with E-state index in [1.807, 2.05) is 0 Å². The molecule has 28 heavy (non-hydrogen) atoms. The van der Waals surface area contributed by atoms with Crippen molar-refractivity contribution in [2.24, 2.45) is 5.92 Å². The van der Waals surface area contributed by atoms with Crippen LogP contribution in [0.25, 0.3) is 5.65 Å². The van der Waals surface area contributed by atoms with E-state index in [1.165, 1.54) is 17.1 Å². The third kappa shape index (κ3) is 3.46. The van der Waals surface area contributed by atoms with E-state index in [9.17, 15) is 18.0 Å². The average Bonchev–Trinajstić information content (AvgIpc) is 3.26. The maximum Gasteiger partial charge on any atom is 0.284 e. The molecule has 1 saturated carbocycles. The Labute approximate surface area is 158 Å². The molecule has 1 N–H and O–H groups in total. The predicted octanol–water partition coefficient (Wildman–Crippen LogP) is 4.01. The smallest absolute Gasteiger partial charge is 0.284 e. The number of alkyl halides is 2. The molecule has 10 heteroatoms. The molecule has 3 aromatic heterocycles. The second-order valence-electron chi connectivity index (χ2n) is 7.18. The number of amides is 1.